The second-order valence-corrected chi connectivity index (χ2v) is 29.1. The minimum atomic E-state index is -4.66. The van der Waals surface area contributed by atoms with Crippen LogP contribution in [0.5, 0.6) is 0 Å². The highest BCUT2D eigenvalue weighted by Gasteiger charge is 2.22. The molecule has 100 heavy (non-hydrogen) atoms. The van der Waals surface area contributed by atoms with E-state index in [0.29, 0.717) is 17.4 Å². The maximum Gasteiger partial charge on any atom is 0.306 e. The molecule has 10 heteroatoms. The Morgan fingerprint density at radius 3 is 0.800 bits per heavy atom. The molecule has 9 nitrogen and oxygen atoms in total. The maximum atomic E-state index is 12.9. The van der Waals surface area contributed by atoms with Crippen molar-refractivity contribution >= 4 is 19.8 Å². The molecule has 0 N–H and O–H groups in total. The molecule has 0 heterocycles. The van der Waals surface area contributed by atoms with Crippen LogP contribution in [-0.2, 0) is 32.7 Å². The molecular formula is C90H150NO8P. The lowest BCUT2D eigenvalue weighted by Gasteiger charge is -2.28. The molecular weight excluding hydrogens is 1250 g/mol. The van der Waals surface area contributed by atoms with Gasteiger partial charge in [0, 0.05) is 12.8 Å². The molecule has 0 amide bonds. The third kappa shape index (κ3) is 82.1. The van der Waals surface area contributed by atoms with Crippen molar-refractivity contribution in [3.05, 3.63) is 182 Å². The van der Waals surface area contributed by atoms with Crippen molar-refractivity contribution in [1.82, 2.24) is 0 Å². The number of carbonyl (C=O) groups is 2. The Bertz CT molecular complexity index is 2350. The molecule has 0 saturated carbocycles. The predicted molar refractivity (Wildman–Crippen MR) is 433 cm³/mol. The molecule has 2 atom stereocenters. The Kier molecular flexibility index (Phi) is 74.4. The van der Waals surface area contributed by atoms with Crippen LogP contribution < -0.4 is 4.89 Å². The standard InChI is InChI=1S/C90H150NO8P/c1-6-8-10-12-14-16-18-20-22-24-26-28-30-32-34-36-38-40-42-43-44-45-46-47-49-51-53-55-57-59-61-63-65-67-69-71-73-75-77-79-81-83-90(93)99-88(87-98-100(94,95)97-85-84-91(3,4)5)86-96-89(92)82-80-78-76-74-72-70-68-66-64-62-60-58-56-54-52-50-48-41-39-37-35-33-31-29-27-25-23-21-19-17-15-13-11-9-7-2/h8-11,14-17,20-23,26-29,32-35,38-41,43-44,46-47,51,53,88H,6-7,12-13,18-19,24-25,30-31,36-37,42,45,48-50,52,54-87H2,1-5H3/b10-8-,11-9-,16-14-,17-15-,22-20-,23-21-,28-26-,29-27-,34-32-,35-33-,40-38-,41-39-,44-43-,47-46-,53-51-. The summed E-state index contributed by atoms with van der Waals surface area (Å²) >= 11 is 0. The lowest BCUT2D eigenvalue weighted by Crippen LogP contribution is -2.37. The number of quaternary nitrogens is 1. The van der Waals surface area contributed by atoms with E-state index in [1.54, 1.807) is 0 Å². The zero-order valence-electron chi connectivity index (χ0n) is 64.8. The molecule has 0 fully saturated rings. The number of phosphoric ester groups is 1. The summed E-state index contributed by atoms with van der Waals surface area (Å²) in [5.41, 5.74) is 0. The van der Waals surface area contributed by atoms with E-state index < -0.39 is 26.5 Å². The van der Waals surface area contributed by atoms with Crippen molar-refractivity contribution in [2.75, 3.05) is 47.5 Å². The second kappa shape index (κ2) is 78.3. The SMILES string of the molecule is CC/C=C\C/C=C\C/C=C\C/C=C\C/C=C\C/C=C\C/C=C\C/C=C\C/C=C\CCCCCCCCCCCCCCCC(=O)OC(COC(=O)CCCCCCCCCCCCCCCCCC/C=C\C/C=C\C/C=C\C/C=C\C/C=C\C/C=C\CC)COP(=O)([O-])OCC[N+](C)(C)C. The van der Waals surface area contributed by atoms with Gasteiger partial charge in [-0.2, -0.15) is 0 Å². The van der Waals surface area contributed by atoms with Crippen LogP contribution in [0, 0.1) is 0 Å². The summed E-state index contributed by atoms with van der Waals surface area (Å²) < 4.78 is 34.4. The van der Waals surface area contributed by atoms with E-state index in [1.165, 1.54) is 154 Å². The van der Waals surface area contributed by atoms with Gasteiger partial charge in [0.2, 0.25) is 0 Å². The van der Waals surface area contributed by atoms with Gasteiger partial charge in [0.1, 0.15) is 19.8 Å². The van der Waals surface area contributed by atoms with Gasteiger partial charge in [-0.25, -0.2) is 0 Å². The van der Waals surface area contributed by atoms with Crippen LogP contribution in [0.15, 0.2) is 182 Å². The average molecular weight is 1410 g/mol. The van der Waals surface area contributed by atoms with Crippen molar-refractivity contribution in [3.8, 4) is 0 Å². The summed E-state index contributed by atoms with van der Waals surface area (Å²) in [6.07, 6.45) is 120. The monoisotopic (exact) mass is 1400 g/mol. The van der Waals surface area contributed by atoms with Gasteiger partial charge in [0.25, 0.3) is 7.82 Å². The third-order valence-corrected chi connectivity index (χ3v) is 17.9. The van der Waals surface area contributed by atoms with Gasteiger partial charge in [-0.05, 0) is 135 Å². The number of likely N-dealkylation sites (N-methyl/N-ethyl adjacent to an activating group) is 1. The highest BCUT2D eigenvalue weighted by Crippen LogP contribution is 2.38. The first-order valence-electron chi connectivity index (χ1n) is 40.5. The Labute approximate surface area is 616 Å². The molecule has 0 bridgehead atoms. The third-order valence-electron chi connectivity index (χ3n) is 16.9. The lowest BCUT2D eigenvalue weighted by atomic mass is 10.0. The number of ether oxygens (including phenoxy) is 2. The molecule has 0 saturated heterocycles. The number of hydrogen-bond donors (Lipinski definition) is 0. The van der Waals surface area contributed by atoms with Crippen LogP contribution >= 0.6 is 7.82 Å². The summed E-state index contributed by atoms with van der Waals surface area (Å²) in [7, 11) is 1.16. The summed E-state index contributed by atoms with van der Waals surface area (Å²) in [4.78, 5) is 38.2. The van der Waals surface area contributed by atoms with Gasteiger partial charge >= 0.3 is 11.9 Å². The largest absolute Gasteiger partial charge is 0.756 e. The number of rotatable bonds is 73. The Hall–Kier alpha value is -4.89. The smallest absolute Gasteiger partial charge is 0.306 e. The number of unbranched alkanes of at least 4 members (excludes halogenated alkanes) is 29. The van der Waals surface area contributed by atoms with Gasteiger partial charge in [0.15, 0.2) is 6.10 Å². The van der Waals surface area contributed by atoms with Crippen molar-refractivity contribution in [2.24, 2.45) is 0 Å². The van der Waals surface area contributed by atoms with Crippen LogP contribution in [0.1, 0.15) is 322 Å². The quantitative estimate of drug-likeness (QED) is 0.0195. The number of phosphoric acid groups is 1. The lowest BCUT2D eigenvalue weighted by molar-refractivity contribution is -0.870. The van der Waals surface area contributed by atoms with Crippen molar-refractivity contribution in [3.63, 3.8) is 0 Å². The van der Waals surface area contributed by atoms with E-state index >= 15 is 0 Å². The zero-order chi connectivity index (χ0) is 72.5. The molecule has 0 radical (unpaired) electrons. The Morgan fingerprint density at radius 1 is 0.310 bits per heavy atom. The molecule has 0 rings (SSSR count). The molecule has 0 aromatic carbocycles. The molecule has 0 aliphatic rings. The molecule has 0 aromatic heterocycles. The van der Waals surface area contributed by atoms with Crippen molar-refractivity contribution in [1.29, 1.82) is 0 Å². The first-order valence-corrected chi connectivity index (χ1v) is 42.0. The number of carbonyl (C=O) groups excluding carboxylic acids is 2. The predicted octanol–water partition coefficient (Wildman–Crippen LogP) is 26.8. The van der Waals surface area contributed by atoms with E-state index in [2.05, 4.69) is 196 Å². The van der Waals surface area contributed by atoms with Crippen molar-refractivity contribution in [2.45, 2.75) is 328 Å². The summed E-state index contributed by atoms with van der Waals surface area (Å²) in [5.74, 6) is -0.834. The summed E-state index contributed by atoms with van der Waals surface area (Å²) in [6, 6.07) is 0. The second-order valence-electron chi connectivity index (χ2n) is 27.7. The number of nitrogens with zero attached hydrogens (tertiary/aromatic N) is 1. The fourth-order valence-electron chi connectivity index (χ4n) is 10.8. The van der Waals surface area contributed by atoms with E-state index in [4.69, 9.17) is 18.5 Å². The molecule has 0 aromatic rings. The van der Waals surface area contributed by atoms with Gasteiger partial charge in [-0.15, -0.1) is 0 Å². The Balaban J connectivity index is 4.02. The van der Waals surface area contributed by atoms with E-state index in [-0.39, 0.29) is 32.0 Å². The highest BCUT2D eigenvalue weighted by atomic mass is 31.2. The maximum absolute atomic E-state index is 12.9. The number of allylic oxidation sites excluding steroid dienone is 30. The van der Waals surface area contributed by atoms with Gasteiger partial charge < -0.3 is 27.9 Å². The first kappa shape index (κ1) is 95.1. The fraction of sp³-hybridized carbons (Fsp3) is 0.644. The average Bonchev–Trinajstić information content (AvgIpc) is 1.30. The minimum absolute atomic E-state index is 0.0373. The summed E-state index contributed by atoms with van der Waals surface area (Å²) in [6.45, 7) is 4.02. The highest BCUT2D eigenvalue weighted by molar-refractivity contribution is 7.45. The van der Waals surface area contributed by atoms with Crippen LogP contribution in [0.3, 0.4) is 0 Å². The first-order chi connectivity index (χ1) is 49.0. The van der Waals surface area contributed by atoms with Crippen molar-refractivity contribution < 1.29 is 42.1 Å². The fourth-order valence-corrected chi connectivity index (χ4v) is 11.6. The van der Waals surface area contributed by atoms with Gasteiger partial charge in [-0.3, -0.25) is 14.2 Å². The van der Waals surface area contributed by atoms with Crippen LogP contribution in [0.4, 0.5) is 0 Å². The minimum Gasteiger partial charge on any atom is -0.756 e. The zero-order valence-corrected chi connectivity index (χ0v) is 65.7. The van der Waals surface area contributed by atoms with Gasteiger partial charge in [-0.1, -0.05) is 357 Å². The topological polar surface area (TPSA) is 111 Å². The van der Waals surface area contributed by atoms with E-state index in [1.807, 2.05) is 21.1 Å². The van der Waals surface area contributed by atoms with Crippen LogP contribution in [-0.4, -0.2) is 70.0 Å². The van der Waals surface area contributed by atoms with Crippen LogP contribution in [0.2, 0.25) is 0 Å². The molecule has 568 valence electrons. The molecule has 2 unspecified atom stereocenters. The van der Waals surface area contributed by atoms with E-state index in [0.717, 1.165) is 135 Å². The Morgan fingerprint density at radius 2 is 0.540 bits per heavy atom. The van der Waals surface area contributed by atoms with Gasteiger partial charge in [0.05, 0.1) is 27.7 Å². The number of hydrogen-bond acceptors (Lipinski definition) is 8. The van der Waals surface area contributed by atoms with E-state index in [9.17, 15) is 19.0 Å². The molecule has 0 aliphatic carbocycles. The summed E-state index contributed by atoms with van der Waals surface area (Å²) in [5, 5.41) is 0. The number of esters is 2. The molecule has 0 aliphatic heterocycles. The van der Waals surface area contributed by atoms with Crippen LogP contribution in [0.25, 0.3) is 0 Å². The molecule has 0 spiro atoms. The normalized spacial score (nSPS) is 14.0.